The summed E-state index contributed by atoms with van der Waals surface area (Å²) in [6.07, 6.45) is 4.24. The molecule has 1 saturated carbocycles. The number of H-pyrrole nitrogens is 1. The number of aromatic nitrogens is 4. The second-order valence-corrected chi connectivity index (χ2v) is 11.6. The standard InChI is InChI=1S/C33H38N6O7/c1-20(2)35-33(41)46-25-12-9-22(15-25)26-16-29(38-37-26)36-31(40)23-17-34-39(18-23)27-5-4-6-28(30(27)32-43-13-14-44-32)45-19-21-7-10-24(42-3)11-8-21/h4-8,10-11,16-18,20,22,25,32H,9,12-15,19H2,1-3H3,(H,35,41)(H2,36,37,38,40)/t22-,25+/m0/s1. The van der Waals surface area contributed by atoms with Crippen molar-refractivity contribution in [1.82, 2.24) is 25.3 Å². The van der Waals surface area contributed by atoms with E-state index < -0.39 is 12.4 Å². The Balaban J connectivity index is 1.12. The van der Waals surface area contributed by atoms with Gasteiger partial charge in [0.25, 0.3) is 5.91 Å². The topological polar surface area (TPSA) is 151 Å². The first-order valence-electron chi connectivity index (χ1n) is 15.4. The van der Waals surface area contributed by atoms with Crippen LogP contribution in [0.15, 0.2) is 60.9 Å². The van der Waals surface area contributed by atoms with Gasteiger partial charge in [0.2, 0.25) is 0 Å². The van der Waals surface area contributed by atoms with E-state index in [0.29, 0.717) is 54.6 Å². The van der Waals surface area contributed by atoms with Crippen molar-refractivity contribution in [3.8, 4) is 17.2 Å². The lowest BCUT2D eigenvalue weighted by molar-refractivity contribution is -0.0459. The number of nitrogens with one attached hydrogen (secondary N) is 3. The van der Waals surface area contributed by atoms with Crippen LogP contribution < -0.4 is 20.1 Å². The molecule has 13 nitrogen and oxygen atoms in total. The molecule has 3 N–H and O–H groups in total. The zero-order valence-corrected chi connectivity index (χ0v) is 26.0. The molecular weight excluding hydrogens is 592 g/mol. The van der Waals surface area contributed by atoms with E-state index in [1.165, 1.54) is 6.20 Å². The lowest BCUT2D eigenvalue weighted by Crippen LogP contribution is -2.33. The van der Waals surface area contributed by atoms with E-state index in [-0.39, 0.29) is 24.0 Å². The number of hydrogen-bond donors (Lipinski definition) is 3. The molecule has 4 aromatic rings. The molecule has 0 unspecified atom stereocenters. The molecule has 2 aliphatic rings. The monoisotopic (exact) mass is 630 g/mol. The van der Waals surface area contributed by atoms with Gasteiger partial charge < -0.3 is 34.3 Å². The highest BCUT2D eigenvalue weighted by atomic mass is 16.7. The number of anilines is 1. The second-order valence-electron chi connectivity index (χ2n) is 11.6. The van der Waals surface area contributed by atoms with Gasteiger partial charge in [0.05, 0.1) is 43.3 Å². The Bertz CT molecular complexity index is 1640. The van der Waals surface area contributed by atoms with Gasteiger partial charge in [-0.15, -0.1) is 0 Å². The maximum absolute atomic E-state index is 13.2. The third-order valence-corrected chi connectivity index (χ3v) is 7.89. The zero-order valence-electron chi connectivity index (χ0n) is 26.0. The Morgan fingerprint density at radius 3 is 2.67 bits per heavy atom. The average Bonchev–Trinajstić information content (AvgIpc) is 3.87. The quantitative estimate of drug-likeness (QED) is 0.202. The summed E-state index contributed by atoms with van der Waals surface area (Å²) in [5, 5.41) is 17.4. The molecule has 13 heteroatoms. The zero-order chi connectivity index (χ0) is 32.0. The fraction of sp³-hybridized carbons (Fsp3) is 0.394. The first-order chi connectivity index (χ1) is 22.4. The number of aromatic amines is 1. The minimum Gasteiger partial charge on any atom is -0.497 e. The number of carbonyl (C=O) groups is 2. The molecule has 2 fully saturated rings. The predicted molar refractivity (Wildman–Crippen MR) is 167 cm³/mol. The van der Waals surface area contributed by atoms with Crippen LogP contribution in [0.3, 0.4) is 0 Å². The predicted octanol–water partition coefficient (Wildman–Crippen LogP) is 5.25. The van der Waals surface area contributed by atoms with Gasteiger partial charge in [-0.2, -0.15) is 10.2 Å². The Hall–Kier alpha value is -4.88. The molecule has 2 aromatic heterocycles. The number of hydrogen-bond acceptors (Lipinski definition) is 9. The fourth-order valence-electron chi connectivity index (χ4n) is 5.62. The van der Waals surface area contributed by atoms with Gasteiger partial charge in [-0.25, -0.2) is 9.48 Å². The van der Waals surface area contributed by atoms with Crippen molar-refractivity contribution in [2.24, 2.45) is 0 Å². The van der Waals surface area contributed by atoms with Gasteiger partial charge in [0.1, 0.15) is 24.2 Å². The number of alkyl carbamates (subject to hydrolysis) is 1. The maximum Gasteiger partial charge on any atom is 0.407 e. The van der Waals surface area contributed by atoms with Crippen LogP contribution in [0.5, 0.6) is 11.5 Å². The molecule has 46 heavy (non-hydrogen) atoms. The van der Waals surface area contributed by atoms with Crippen molar-refractivity contribution in [2.75, 3.05) is 25.6 Å². The first kappa shape index (κ1) is 31.1. The molecule has 2 atom stereocenters. The van der Waals surface area contributed by atoms with E-state index in [0.717, 1.165) is 29.8 Å². The van der Waals surface area contributed by atoms with E-state index in [2.05, 4.69) is 25.9 Å². The molecule has 6 rings (SSSR count). The molecule has 0 spiro atoms. The first-order valence-corrected chi connectivity index (χ1v) is 15.4. The third-order valence-electron chi connectivity index (χ3n) is 7.89. The molecule has 3 heterocycles. The van der Waals surface area contributed by atoms with Crippen LogP contribution in [-0.2, 0) is 20.8 Å². The smallest absolute Gasteiger partial charge is 0.407 e. The van der Waals surface area contributed by atoms with Crippen LogP contribution in [0.4, 0.5) is 10.6 Å². The molecule has 2 aromatic carbocycles. The largest absolute Gasteiger partial charge is 0.497 e. The number of nitrogens with zero attached hydrogens (tertiary/aromatic N) is 3. The SMILES string of the molecule is COc1ccc(COc2cccc(-n3cc(C(=O)Nc4cc([C@H]5CC[C@@H](OC(=O)NC(C)C)C5)[nH]n4)cn3)c2C2OCCO2)cc1. The highest BCUT2D eigenvalue weighted by molar-refractivity contribution is 6.03. The Morgan fingerprint density at radius 1 is 1.11 bits per heavy atom. The molecule has 1 saturated heterocycles. The lowest BCUT2D eigenvalue weighted by Gasteiger charge is -2.19. The summed E-state index contributed by atoms with van der Waals surface area (Å²) in [4.78, 5) is 25.2. The number of methoxy groups -OCH3 is 1. The Labute approximate surface area is 266 Å². The fourth-order valence-corrected chi connectivity index (χ4v) is 5.62. The summed E-state index contributed by atoms with van der Waals surface area (Å²) in [5.74, 6) is 1.55. The van der Waals surface area contributed by atoms with Crippen molar-refractivity contribution in [3.05, 3.63) is 83.3 Å². The number of benzene rings is 2. The lowest BCUT2D eigenvalue weighted by atomic mass is 10.0. The van der Waals surface area contributed by atoms with Gasteiger partial charge in [0, 0.05) is 29.9 Å². The molecular formula is C33H38N6O7. The highest BCUT2D eigenvalue weighted by Gasteiger charge is 2.31. The van der Waals surface area contributed by atoms with E-state index in [1.807, 2.05) is 62.4 Å². The molecule has 0 bridgehead atoms. The molecule has 242 valence electrons. The van der Waals surface area contributed by atoms with Gasteiger partial charge in [-0.1, -0.05) is 18.2 Å². The number of ether oxygens (including phenoxy) is 5. The molecule has 0 radical (unpaired) electrons. The van der Waals surface area contributed by atoms with Gasteiger partial charge in [0.15, 0.2) is 12.1 Å². The minimum absolute atomic E-state index is 0.0166. The van der Waals surface area contributed by atoms with Gasteiger partial charge in [-0.3, -0.25) is 9.89 Å². The van der Waals surface area contributed by atoms with Crippen LogP contribution >= 0.6 is 0 Å². The van der Waals surface area contributed by atoms with Crippen LogP contribution in [0, 0.1) is 0 Å². The van der Waals surface area contributed by atoms with Crippen LogP contribution in [0.25, 0.3) is 5.69 Å². The summed E-state index contributed by atoms with van der Waals surface area (Å²) in [6.45, 7) is 5.02. The number of carbonyl (C=O) groups excluding carboxylic acids is 2. The summed E-state index contributed by atoms with van der Waals surface area (Å²) in [7, 11) is 1.63. The minimum atomic E-state index is -0.642. The van der Waals surface area contributed by atoms with Crippen LogP contribution in [0.2, 0.25) is 0 Å². The van der Waals surface area contributed by atoms with Crippen LogP contribution in [0.1, 0.15) is 72.5 Å². The van der Waals surface area contributed by atoms with Crippen LogP contribution in [-0.4, -0.2) is 64.4 Å². The van der Waals surface area contributed by atoms with E-state index in [1.54, 1.807) is 18.0 Å². The molecule has 1 aliphatic carbocycles. The normalized spacial score (nSPS) is 18.1. The van der Waals surface area contributed by atoms with E-state index in [9.17, 15) is 9.59 Å². The van der Waals surface area contributed by atoms with E-state index in [4.69, 9.17) is 23.7 Å². The van der Waals surface area contributed by atoms with Crippen molar-refractivity contribution >= 4 is 17.8 Å². The van der Waals surface area contributed by atoms with Crippen molar-refractivity contribution < 1.29 is 33.3 Å². The average molecular weight is 631 g/mol. The Morgan fingerprint density at radius 2 is 1.91 bits per heavy atom. The van der Waals surface area contributed by atoms with Gasteiger partial charge >= 0.3 is 6.09 Å². The van der Waals surface area contributed by atoms with Crippen molar-refractivity contribution in [1.29, 1.82) is 0 Å². The summed E-state index contributed by atoms with van der Waals surface area (Å²) in [5.41, 5.74) is 3.55. The van der Waals surface area contributed by atoms with Gasteiger partial charge in [-0.05, 0) is 62.9 Å². The number of amides is 2. The summed E-state index contributed by atoms with van der Waals surface area (Å²) in [6, 6.07) is 15.1. The summed E-state index contributed by atoms with van der Waals surface area (Å²) >= 11 is 0. The second kappa shape index (κ2) is 14.0. The molecule has 2 amide bonds. The molecule has 1 aliphatic heterocycles. The van der Waals surface area contributed by atoms with Crippen molar-refractivity contribution in [2.45, 2.75) is 64.1 Å². The number of rotatable bonds is 11. The van der Waals surface area contributed by atoms with Crippen molar-refractivity contribution in [3.63, 3.8) is 0 Å². The highest BCUT2D eigenvalue weighted by Crippen LogP contribution is 2.37. The third kappa shape index (κ3) is 7.32. The summed E-state index contributed by atoms with van der Waals surface area (Å²) < 4.78 is 30.4. The Kier molecular flexibility index (Phi) is 9.50. The maximum atomic E-state index is 13.2. The van der Waals surface area contributed by atoms with E-state index >= 15 is 0 Å².